The summed E-state index contributed by atoms with van der Waals surface area (Å²) in [4.78, 5) is 14.4. The van der Waals surface area contributed by atoms with Crippen molar-refractivity contribution in [2.24, 2.45) is 0 Å². The standard InChI is InChI=1S/C15H25BrN4O2/c1-11(10-19-6-8-22-9-7-19)17-14(21)4-5-20-13(3)15(16)12(2)18-20/h11H,4-10H2,1-3H3,(H,17,21)/t11-/m0/s1. The number of morpholine rings is 1. The van der Waals surface area contributed by atoms with E-state index < -0.39 is 0 Å². The van der Waals surface area contributed by atoms with Gasteiger partial charge in [0.25, 0.3) is 0 Å². The summed E-state index contributed by atoms with van der Waals surface area (Å²) < 4.78 is 8.23. The third-order valence-electron chi connectivity index (χ3n) is 3.89. The molecule has 1 saturated heterocycles. The normalized spacial score (nSPS) is 17.5. The van der Waals surface area contributed by atoms with Gasteiger partial charge in [0, 0.05) is 37.8 Å². The van der Waals surface area contributed by atoms with Crippen molar-refractivity contribution in [2.45, 2.75) is 39.8 Å². The molecule has 1 aliphatic heterocycles. The lowest BCUT2D eigenvalue weighted by Gasteiger charge is -2.29. The van der Waals surface area contributed by atoms with Gasteiger partial charge in [-0.2, -0.15) is 5.10 Å². The molecule has 1 atom stereocenters. The first-order valence-electron chi connectivity index (χ1n) is 7.76. The molecule has 7 heteroatoms. The van der Waals surface area contributed by atoms with Crippen molar-refractivity contribution in [1.82, 2.24) is 20.0 Å². The summed E-state index contributed by atoms with van der Waals surface area (Å²) in [6.45, 7) is 10.9. The van der Waals surface area contributed by atoms with Crippen LogP contribution >= 0.6 is 15.9 Å². The van der Waals surface area contributed by atoms with Crippen molar-refractivity contribution in [2.75, 3.05) is 32.8 Å². The average molecular weight is 373 g/mol. The van der Waals surface area contributed by atoms with Gasteiger partial charge in [-0.15, -0.1) is 0 Å². The maximum Gasteiger partial charge on any atom is 0.222 e. The largest absolute Gasteiger partial charge is 0.379 e. The number of carbonyl (C=O) groups excluding carboxylic acids is 1. The van der Waals surface area contributed by atoms with E-state index in [1.807, 2.05) is 25.5 Å². The Balaban J connectivity index is 1.73. The Hall–Kier alpha value is -0.920. The summed E-state index contributed by atoms with van der Waals surface area (Å²) in [5.74, 6) is 0.0736. The third-order valence-corrected chi connectivity index (χ3v) is 5.03. The molecule has 0 saturated carbocycles. The van der Waals surface area contributed by atoms with Crippen molar-refractivity contribution < 1.29 is 9.53 Å². The van der Waals surface area contributed by atoms with Crippen molar-refractivity contribution in [3.63, 3.8) is 0 Å². The Kier molecular flexibility index (Phi) is 6.40. The van der Waals surface area contributed by atoms with Crippen LogP contribution in [0.5, 0.6) is 0 Å². The average Bonchev–Trinajstić information content (AvgIpc) is 2.73. The minimum atomic E-state index is 0.0736. The van der Waals surface area contributed by atoms with Crippen molar-refractivity contribution in [1.29, 1.82) is 0 Å². The number of aromatic nitrogens is 2. The summed E-state index contributed by atoms with van der Waals surface area (Å²) in [6.07, 6.45) is 0.446. The van der Waals surface area contributed by atoms with Gasteiger partial charge in [0.15, 0.2) is 0 Å². The molecule has 2 rings (SSSR count). The van der Waals surface area contributed by atoms with Gasteiger partial charge in [-0.25, -0.2) is 0 Å². The molecule has 0 unspecified atom stereocenters. The number of rotatable bonds is 6. The molecule has 1 aliphatic rings. The lowest BCUT2D eigenvalue weighted by atomic mass is 10.2. The molecule has 1 N–H and O–H groups in total. The van der Waals surface area contributed by atoms with E-state index in [1.54, 1.807) is 0 Å². The predicted molar refractivity (Wildman–Crippen MR) is 88.9 cm³/mol. The molecule has 6 nitrogen and oxygen atoms in total. The zero-order valence-corrected chi connectivity index (χ0v) is 15.1. The van der Waals surface area contributed by atoms with Crippen LogP contribution in [0.25, 0.3) is 0 Å². The Bertz CT molecular complexity index is 512. The summed E-state index contributed by atoms with van der Waals surface area (Å²) >= 11 is 3.50. The van der Waals surface area contributed by atoms with Gasteiger partial charge in [-0.05, 0) is 36.7 Å². The first-order valence-corrected chi connectivity index (χ1v) is 8.55. The van der Waals surface area contributed by atoms with E-state index in [0.717, 1.165) is 48.7 Å². The zero-order chi connectivity index (χ0) is 16.1. The highest BCUT2D eigenvalue weighted by molar-refractivity contribution is 9.10. The van der Waals surface area contributed by atoms with Gasteiger partial charge in [0.2, 0.25) is 5.91 Å². The van der Waals surface area contributed by atoms with Crippen LogP contribution in [-0.2, 0) is 16.1 Å². The number of amides is 1. The molecule has 1 amide bonds. The number of aryl methyl sites for hydroxylation is 2. The molecule has 0 aromatic carbocycles. The van der Waals surface area contributed by atoms with Crippen LogP contribution < -0.4 is 5.32 Å². The monoisotopic (exact) mass is 372 g/mol. The first-order chi connectivity index (χ1) is 10.5. The van der Waals surface area contributed by atoms with E-state index >= 15 is 0 Å². The maximum atomic E-state index is 12.1. The van der Waals surface area contributed by atoms with Crippen LogP contribution in [0.4, 0.5) is 0 Å². The van der Waals surface area contributed by atoms with E-state index in [9.17, 15) is 4.79 Å². The molecular formula is C15H25BrN4O2. The molecular weight excluding hydrogens is 348 g/mol. The lowest BCUT2D eigenvalue weighted by Crippen LogP contribution is -2.46. The van der Waals surface area contributed by atoms with E-state index in [-0.39, 0.29) is 11.9 Å². The van der Waals surface area contributed by atoms with Crippen molar-refractivity contribution >= 4 is 21.8 Å². The van der Waals surface area contributed by atoms with Gasteiger partial charge >= 0.3 is 0 Å². The first kappa shape index (κ1) is 17.4. The number of carbonyl (C=O) groups is 1. The van der Waals surface area contributed by atoms with Crippen LogP contribution in [-0.4, -0.2) is 59.5 Å². The SMILES string of the molecule is Cc1nn(CCC(=O)N[C@@H](C)CN2CCOCC2)c(C)c1Br. The Labute approximate surface area is 140 Å². The van der Waals surface area contributed by atoms with Crippen molar-refractivity contribution in [3.05, 3.63) is 15.9 Å². The highest BCUT2D eigenvalue weighted by Gasteiger charge is 2.16. The lowest BCUT2D eigenvalue weighted by molar-refractivity contribution is -0.122. The molecule has 124 valence electrons. The van der Waals surface area contributed by atoms with Crippen LogP contribution in [0.1, 0.15) is 24.7 Å². The number of hydrogen-bond donors (Lipinski definition) is 1. The topological polar surface area (TPSA) is 59.4 Å². The fourth-order valence-corrected chi connectivity index (χ4v) is 2.95. The Morgan fingerprint density at radius 2 is 2.09 bits per heavy atom. The number of nitrogens with zero attached hydrogens (tertiary/aromatic N) is 3. The van der Waals surface area contributed by atoms with Gasteiger partial charge in [-0.3, -0.25) is 14.4 Å². The third kappa shape index (κ3) is 4.79. The van der Waals surface area contributed by atoms with Crippen LogP contribution in [0.2, 0.25) is 0 Å². The van der Waals surface area contributed by atoms with E-state index in [0.29, 0.717) is 13.0 Å². The number of halogens is 1. The van der Waals surface area contributed by atoms with Gasteiger partial charge in [-0.1, -0.05) is 0 Å². The maximum absolute atomic E-state index is 12.1. The minimum Gasteiger partial charge on any atom is -0.379 e. The number of ether oxygens (including phenoxy) is 1. The molecule has 0 aliphatic carbocycles. The summed E-state index contributed by atoms with van der Waals surface area (Å²) in [7, 11) is 0. The Morgan fingerprint density at radius 3 is 2.68 bits per heavy atom. The van der Waals surface area contributed by atoms with Crippen LogP contribution in [0, 0.1) is 13.8 Å². The number of nitrogens with one attached hydrogen (secondary N) is 1. The second-order valence-electron chi connectivity index (χ2n) is 5.84. The quantitative estimate of drug-likeness (QED) is 0.821. The van der Waals surface area contributed by atoms with Gasteiger partial charge in [0.05, 0.1) is 29.9 Å². The molecule has 1 aromatic heterocycles. The fraction of sp³-hybridized carbons (Fsp3) is 0.733. The summed E-state index contributed by atoms with van der Waals surface area (Å²) in [5, 5.41) is 7.49. The smallest absolute Gasteiger partial charge is 0.222 e. The molecule has 1 aromatic rings. The predicted octanol–water partition coefficient (Wildman–Crippen LogP) is 1.49. The van der Waals surface area contributed by atoms with Gasteiger partial charge < -0.3 is 10.1 Å². The summed E-state index contributed by atoms with van der Waals surface area (Å²) in [6, 6.07) is 0.151. The van der Waals surface area contributed by atoms with Gasteiger partial charge in [0.1, 0.15) is 0 Å². The second kappa shape index (κ2) is 8.08. The number of hydrogen-bond acceptors (Lipinski definition) is 4. The van der Waals surface area contributed by atoms with E-state index in [2.05, 4.69) is 31.2 Å². The molecule has 1 fully saturated rings. The van der Waals surface area contributed by atoms with E-state index in [1.165, 1.54) is 0 Å². The molecule has 0 radical (unpaired) electrons. The highest BCUT2D eigenvalue weighted by atomic mass is 79.9. The van der Waals surface area contributed by atoms with Crippen LogP contribution in [0.15, 0.2) is 4.47 Å². The zero-order valence-electron chi connectivity index (χ0n) is 13.6. The fourth-order valence-electron chi connectivity index (χ4n) is 2.66. The summed E-state index contributed by atoms with van der Waals surface area (Å²) in [5.41, 5.74) is 2.02. The molecule has 22 heavy (non-hydrogen) atoms. The second-order valence-corrected chi connectivity index (χ2v) is 6.63. The molecule has 2 heterocycles. The van der Waals surface area contributed by atoms with E-state index in [4.69, 9.17) is 4.74 Å². The molecule has 0 bridgehead atoms. The molecule has 0 spiro atoms. The van der Waals surface area contributed by atoms with Crippen molar-refractivity contribution in [3.8, 4) is 0 Å². The highest BCUT2D eigenvalue weighted by Crippen LogP contribution is 2.19. The Morgan fingerprint density at radius 1 is 1.41 bits per heavy atom. The van der Waals surface area contributed by atoms with Crippen LogP contribution in [0.3, 0.4) is 0 Å². The minimum absolute atomic E-state index is 0.0736.